The normalized spacial score (nSPS) is 23.8. The van der Waals surface area contributed by atoms with Crippen molar-refractivity contribution in [3.63, 3.8) is 0 Å². The van der Waals surface area contributed by atoms with E-state index in [1.54, 1.807) is 0 Å². The first-order valence-electron chi connectivity index (χ1n) is 5.10. The molecule has 2 nitrogen and oxygen atoms in total. The van der Waals surface area contributed by atoms with Crippen LogP contribution in [0.1, 0.15) is 6.42 Å². The molecule has 0 aliphatic carbocycles. The van der Waals surface area contributed by atoms with Gasteiger partial charge in [-0.05, 0) is 36.5 Å². The summed E-state index contributed by atoms with van der Waals surface area (Å²) in [6.07, 6.45) is 1.02. The molecular formula is C11H10Cl2INOS. The minimum atomic E-state index is 0.105. The molecule has 2 rings (SSSR count). The van der Waals surface area contributed by atoms with Crippen molar-refractivity contribution in [2.45, 2.75) is 16.6 Å². The van der Waals surface area contributed by atoms with Crippen LogP contribution in [-0.2, 0) is 0 Å². The highest BCUT2D eigenvalue weighted by Crippen LogP contribution is 2.29. The summed E-state index contributed by atoms with van der Waals surface area (Å²) in [7, 11) is 0. The van der Waals surface area contributed by atoms with Gasteiger partial charge in [-0.3, -0.25) is 0 Å². The second-order valence-electron chi connectivity index (χ2n) is 3.72. The fraction of sp³-hybridized carbons (Fsp3) is 0.364. The summed E-state index contributed by atoms with van der Waals surface area (Å²) in [5.74, 6) is 0.823. The Morgan fingerprint density at radius 3 is 2.59 bits per heavy atom. The number of halogens is 3. The van der Waals surface area contributed by atoms with E-state index in [9.17, 15) is 0 Å². The number of likely N-dealkylation sites (tertiary alicyclic amines) is 1. The molecule has 1 heterocycles. The first-order chi connectivity index (χ1) is 8.08. The minimum Gasteiger partial charge on any atom is -0.487 e. The van der Waals surface area contributed by atoms with Crippen molar-refractivity contribution >= 4 is 62.5 Å². The Kier molecular flexibility index (Phi) is 4.74. The molecule has 17 heavy (non-hydrogen) atoms. The monoisotopic (exact) mass is 401 g/mol. The molecule has 0 spiro atoms. The van der Waals surface area contributed by atoms with Crippen LogP contribution in [0.25, 0.3) is 0 Å². The first-order valence-corrected chi connectivity index (χ1v) is 7.51. The van der Waals surface area contributed by atoms with Crippen LogP contribution >= 0.6 is 58.0 Å². The number of rotatable bonds is 2. The fourth-order valence-corrected chi connectivity index (χ4v) is 3.65. The quantitative estimate of drug-likeness (QED) is 0.243. The molecule has 0 saturated carbocycles. The van der Waals surface area contributed by atoms with Gasteiger partial charge in [0.1, 0.15) is 15.9 Å². The van der Waals surface area contributed by atoms with Crippen LogP contribution in [-0.4, -0.2) is 26.0 Å². The lowest BCUT2D eigenvalue weighted by molar-refractivity contribution is 0.208. The second-order valence-corrected chi connectivity index (χ2v) is 6.40. The standard InChI is InChI=1S/C11H10Cl2INOS/c12-7-1-3-8(4-2-7)16-9-5-6-15(10(9)14)11(13)17/h1-4,9-10H,5-6H2. The maximum atomic E-state index is 5.90. The van der Waals surface area contributed by atoms with E-state index < -0.39 is 0 Å². The van der Waals surface area contributed by atoms with Gasteiger partial charge in [0.25, 0.3) is 0 Å². The van der Waals surface area contributed by atoms with Gasteiger partial charge in [-0.1, -0.05) is 45.8 Å². The van der Waals surface area contributed by atoms with Crippen LogP contribution in [0, 0.1) is 0 Å². The number of thiocarbonyl (C=S) groups is 1. The molecule has 1 aromatic carbocycles. The Bertz CT molecular complexity index is 414. The molecule has 92 valence electrons. The maximum absolute atomic E-state index is 5.90. The largest absolute Gasteiger partial charge is 0.487 e. The van der Waals surface area contributed by atoms with Gasteiger partial charge in [-0.25, -0.2) is 0 Å². The van der Waals surface area contributed by atoms with Crippen LogP contribution in [0.5, 0.6) is 5.75 Å². The summed E-state index contributed by atoms with van der Waals surface area (Å²) in [6.45, 7) is 0.841. The highest BCUT2D eigenvalue weighted by atomic mass is 127. The van der Waals surface area contributed by atoms with Gasteiger partial charge in [0.15, 0.2) is 4.45 Å². The van der Waals surface area contributed by atoms with E-state index in [0.717, 1.165) is 18.7 Å². The zero-order valence-corrected chi connectivity index (χ0v) is 13.3. The van der Waals surface area contributed by atoms with Crippen molar-refractivity contribution in [1.29, 1.82) is 0 Å². The third-order valence-electron chi connectivity index (χ3n) is 2.59. The molecule has 6 heteroatoms. The van der Waals surface area contributed by atoms with Crippen LogP contribution in [0.4, 0.5) is 0 Å². The molecule has 0 bridgehead atoms. The van der Waals surface area contributed by atoms with Crippen molar-refractivity contribution in [3.05, 3.63) is 29.3 Å². The van der Waals surface area contributed by atoms with Gasteiger partial charge in [0, 0.05) is 18.0 Å². The molecule has 1 aliphatic heterocycles. The molecular weight excluding hydrogens is 392 g/mol. The van der Waals surface area contributed by atoms with Gasteiger partial charge >= 0.3 is 0 Å². The number of alkyl halides is 1. The highest BCUT2D eigenvalue weighted by Gasteiger charge is 2.34. The summed E-state index contributed by atoms with van der Waals surface area (Å²) in [4.78, 5) is 1.97. The molecule has 1 aromatic rings. The van der Waals surface area contributed by atoms with Crippen molar-refractivity contribution in [1.82, 2.24) is 4.90 Å². The SMILES string of the molecule is S=C(Cl)N1CCC(Oc2ccc(Cl)cc2)C1I. The lowest BCUT2D eigenvalue weighted by atomic mass is 10.3. The van der Waals surface area contributed by atoms with E-state index in [0.29, 0.717) is 9.47 Å². The van der Waals surface area contributed by atoms with E-state index >= 15 is 0 Å². The molecule has 0 N–H and O–H groups in total. The van der Waals surface area contributed by atoms with E-state index in [-0.39, 0.29) is 10.2 Å². The molecule has 0 amide bonds. The summed E-state index contributed by atoms with van der Waals surface area (Å²) in [6, 6.07) is 7.37. The van der Waals surface area contributed by atoms with Crippen LogP contribution in [0.2, 0.25) is 5.02 Å². The average Bonchev–Trinajstić information content (AvgIpc) is 2.64. The Labute approximate surface area is 129 Å². The molecule has 1 fully saturated rings. The van der Waals surface area contributed by atoms with Crippen LogP contribution in [0.15, 0.2) is 24.3 Å². The van der Waals surface area contributed by atoms with Crippen LogP contribution in [0.3, 0.4) is 0 Å². The fourth-order valence-electron chi connectivity index (χ4n) is 1.72. The van der Waals surface area contributed by atoms with E-state index in [2.05, 4.69) is 22.6 Å². The average molecular weight is 402 g/mol. The number of hydrogen-bond acceptors (Lipinski definition) is 2. The van der Waals surface area contributed by atoms with Crippen molar-refractivity contribution in [3.8, 4) is 5.75 Å². The first kappa shape index (κ1) is 13.6. The zero-order chi connectivity index (χ0) is 12.4. The van der Waals surface area contributed by atoms with Crippen molar-refractivity contribution in [2.24, 2.45) is 0 Å². The molecule has 0 aromatic heterocycles. The number of benzene rings is 1. The van der Waals surface area contributed by atoms with Gasteiger partial charge < -0.3 is 9.64 Å². The molecule has 2 unspecified atom stereocenters. The second kappa shape index (κ2) is 5.91. The molecule has 0 radical (unpaired) electrons. The van der Waals surface area contributed by atoms with Gasteiger partial charge in [0.05, 0.1) is 0 Å². The Morgan fingerprint density at radius 1 is 1.41 bits per heavy atom. The van der Waals surface area contributed by atoms with Gasteiger partial charge in [-0.2, -0.15) is 0 Å². The van der Waals surface area contributed by atoms with E-state index in [4.69, 9.17) is 40.2 Å². The third-order valence-corrected chi connectivity index (χ3v) is 4.76. The molecule has 2 atom stereocenters. The molecule has 1 saturated heterocycles. The van der Waals surface area contributed by atoms with Gasteiger partial charge in [0.2, 0.25) is 0 Å². The Balaban J connectivity index is 2.01. The predicted octanol–water partition coefficient (Wildman–Crippen LogP) is 4.08. The van der Waals surface area contributed by atoms with Crippen LogP contribution < -0.4 is 4.74 Å². The van der Waals surface area contributed by atoms with Crippen molar-refractivity contribution < 1.29 is 4.74 Å². The smallest absolute Gasteiger partial charge is 0.170 e. The summed E-state index contributed by atoms with van der Waals surface area (Å²) < 4.78 is 6.48. The number of hydrogen-bond donors (Lipinski definition) is 0. The summed E-state index contributed by atoms with van der Waals surface area (Å²) >= 11 is 19.0. The minimum absolute atomic E-state index is 0.105. The summed E-state index contributed by atoms with van der Waals surface area (Å²) in [5.41, 5.74) is 0. The topological polar surface area (TPSA) is 12.5 Å². The number of nitrogens with zero attached hydrogens (tertiary/aromatic N) is 1. The number of ether oxygens (including phenoxy) is 1. The van der Waals surface area contributed by atoms with E-state index in [1.807, 2.05) is 29.2 Å². The van der Waals surface area contributed by atoms with Crippen molar-refractivity contribution in [2.75, 3.05) is 6.54 Å². The van der Waals surface area contributed by atoms with E-state index in [1.165, 1.54) is 0 Å². The Hall–Kier alpha value is 0.220. The summed E-state index contributed by atoms with van der Waals surface area (Å²) in [5, 5.41) is 0.707. The predicted molar refractivity (Wildman–Crippen MR) is 83.5 cm³/mol. The lowest BCUT2D eigenvalue weighted by Crippen LogP contribution is -2.33. The Morgan fingerprint density at radius 2 is 2.06 bits per heavy atom. The molecule has 1 aliphatic rings. The highest BCUT2D eigenvalue weighted by molar-refractivity contribution is 14.1. The maximum Gasteiger partial charge on any atom is 0.170 e. The van der Waals surface area contributed by atoms with Gasteiger partial charge in [-0.15, -0.1) is 0 Å². The third kappa shape index (κ3) is 3.36. The zero-order valence-electron chi connectivity index (χ0n) is 8.78. The lowest BCUT2D eigenvalue weighted by Gasteiger charge is -2.23.